The first-order valence-electron chi connectivity index (χ1n) is 10.7. The van der Waals surface area contributed by atoms with E-state index in [0.717, 1.165) is 49.2 Å². The number of rotatable bonds is 5. The molecule has 0 unspecified atom stereocenters. The maximum absolute atomic E-state index is 5.52. The molecule has 7 heteroatoms. The predicted molar refractivity (Wildman–Crippen MR) is 114 cm³/mol. The molecule has 1 aromatic carbocycles. The Hall–Kier alpha value is -2.67. The Morgan fingerprint density at radius 2 is 1.79 bits per heavy atom. The molecule has 0 atom stereocenters. The molecular weight excluding hydrogens is 364 g/mol. The van der Waals surface area contributed by atoms with Crippen LogP contribution in [-0.4, -0.2) is 45.8 Å². The van der Waals surface area contributed by atoms with Gasteiger partial charge in [0.15, 0.2) is 17.0 Å². The summed E-state index contributed by atoms with van der Waals surface area (Å²) in [6.07, 6.45) is 8.27. The van der Waals surface area contributed by atoms with Gasteiger partial charge in [0.25, 0.3) is 0 Å². The van der Waals surface area contributed by atoms with E-state index in [1.807, 2.05) is 12.4 Å². The summed E-state index contributed by atoms with van der Waals surface area (Å²) >= 11 is 0. The zero-order valence-electron chi connectivity index (χ0n) is 16.8. The molecular formula is C22H28N6O. The van der Waals surface area contributed by atoms with E-state index in [1.165, 1.54) is 37.7 Å². The minimum atomic E-state index is 0.489. The van der Waals surface area contributed by atoms with Gasteiger partial charge in [0.05, 0.1) is 19.5 Å². The third-order valence-electron chi connectivity index (χ3n) is 5.97. The molecule has 0 bridgehead atoms. The zero-order chi connectivity index (χ0) is 19.5. The number of hydrogen-bond acceptors (Lipinski definition) is 6. The van der Waals surface area contributed by atoms with Crippen molar-refractivity contribution in [2.45, 2.75) is 44.7 Å². The molecule has 2 aromatic heterocycles. The molecule has 1 aliphatic heterocycles. The fourth-order valence-electron chi connectivity index (χ4n) is 4.34. The van der Waals surface area contributed by atoms with Crippen molar-refractivity contribution >= 4 is 22.9 Å². The van der Waals surface area contributed by atoms with Gasteiger partial charge in [-0.2, -0.15) is 9.97 Å². The van der Waals surface area contributed by atoms with Crippen molar-refractivity contribution in [3.8, 4) is 0 Å². The molecule has 1 aliphatic carbocycles. The Kier molecular flexibility index (Phi) is 5.30. The minimum absolute atomic E-state index is 0.489. The molecule has 1 saturated carbocycles. The molecule has 2 aliphatic rings. The summed E-state index contributed by atoms with van der Waals surface area (Å²) in [7, 11) is 0. The summed E-state index contributed by atoms with van der Waals surface area (Å²) in [6.45, 7) is 3.79. The van der Waals surface area contributed by atoms with Crippen molar-refractivity contribution in [2.24, 2.45) is 0 Å². The van der Waals surface area contributed by atoms with Gasteiger partial charge in [0.1, 0.15) is 0 Å². The van der Waals surface area contributed by atoms with Gasteiger partial charge in [-0.3, -0.25) is 0 Å². The van der Waals surface area contributed by atoms with Crippen molar-refractivity contribution in [1.29, 1.82) is 0 Å². The fourth-order valence-corrected chi connectivity index (χ4v) is 4.34. The summed E-state index contributed by atoms with van der Waals surface area (Å²) in [5.41, 5.74) is 3.03. The number of nitrogens with one attached hydrogen (secondary N) is 1. The van der Waals surface area contributed by atoms with Crippen LogP contribution >= 0.6 is 0 Å². The Morgan fingerprint density at radius 3 is 2.59 bits per heavy atom. The highest BCUT2D eigenvalue weighted by molar-refractivity contribution is 5.84. The second-order valence-electron chi connectivity index (χ2n) is 7.93. The van der Waals surface area contributed by atoms with Gasteiger partial charge in [0.2, 0.25) is 5.95 Å². The molecule has 1 saturated heterocycles. The lowest BCUT2D eigenvalue weighted by Crippen LogP contribution is -2.37. The third kappa shape index (κ3) is 3.92. The van der Waals surface area contributed by atoms with Gasteiger partial charge in [-0.05, 0) is 18.4 Å². The summed E-state index contributed by atoms with van der Waals surface area (Å²) < 4.78 is 7.80. The van der Waals surface area contributed by atoms with Gasteiger partial charge in [-0.15, -0.1) is 0 Å². The Labute approximate surface area is 171 Å². The lowest BCUT2D eigenvalue weighted by Gasteiger charge is -2.27. The summed E-state index contributed by atoms with van der Waals surface area (Å²) in [5, 5.41) is 3.51. The number of aromatic nitrogens is 4. The molecule has 0 radical (unpaired) electrons. The van der Waals surface area contributed by atoms with Gasteiger partial charge >= 0.3 is 0 Å². The van der Waals surface area contributed by atoms with Crippen molar-refractivity contribution in [3.63, 3.8) is 0 Å². The van der Waals surface area contributed by atoms with Gasteiger partial charge in [-0.1, -0.05) is 49.6 Å². The van der Waals surface area contributed by atoms with E-state index in [9.17, 15) is 0 Å². The lowest BCUT2D eigenvalue weighted by atomic mass is 9.95. The SMILES string of the molecule is c1ccc(CNc2nc(N3CCOCC3)nc3c2ncn3C2CCCCC2)cc1. The van der Waals surface area contributed by atoms with E-state index in [2.05, 4.69) is 39.0 Å². The number of ether oxygens (including phenoxy) is 1. The summed E-state index contributed by atoms with van der Waals surface area (Å²) in [6, 6.07) is 10.9. The number of nitrogens with zero attached hydrogens (tertiary/aromatic N) is 5. The number of anilines is 2. The minimum Gasteiger partial charge on any atom is -0.378 e. The quantitative estimate of drug-likeness (QED) is 0.713. The van der Waals surface area contributed by atoms with Crippen LogP contribution in [0.3, 0.4) is 0 Å². The van der Waals surface area contributed by atoms with Gasteiger partial charge in [0, 0.05) is 25.7 Å². The number of morpholine rings is 1. The molecule has 0 amide bonds. The first kappa shape index (κ1) is 18.4. The van der Waals surface area contributed by atoms with Crippen LogP contribution in [0.15, 0.2) is 36.7 Å². The molecule has 3 aromatic rings. The van der Waals surface area contributed by atoms with Crippen LogP contribution in [0.5, 0.6) is 0 Å². The Morgan fingerprint density at radius 1 is 1.00 bits per heavy atom. The van der Waals surface area contributed by atoms with E-state index >= 15 is 0 Å². The second-order valence-corrected chi connectivity index (χ2v) is 7.93. The first-order chi connectivity index (χ1) is 14.4. The molecule has 0 spiro atoms. The Bertz CT molecular complexity index is 945. The topological polar surface area (TPSA) is 68.1 Å². The van der Waals surface area contributed by atoms with Crippen LogP contribution in [0.25, 0.3) is 11.2 Å². The summed E-state index contributed by atoms with van der Waals surface area (Å²) in [4.78, 5) is 16.8. The second kappa shape index (κ2) is 8.37. The summed E-state index contributed by atoms with van der Waals surface area (Å²) in [5.74, 6) is 1.59. The standard InChI is InChI=1S/C22H28N6O/c1-3-7-17(8-4-1)15-23-20-19-21(26-22(25-20)27-11-13-29-14-12-27)28(16-24-19)18-9-5-2-6-10-18/h1,3-4,7-8,16,18H,2,5-6,9-15H2,(H,23,25,26). The Balaban J connectivity index is 1.51. The van der Waals surface area contributed by atoms with Crippen molar-refractivity contribution in [1.82, 2.24) is 19.5 Å². The van der Waals surface area contributed by atoms with E-state index in [-0.39, 0.29) is 0 Å². The van der Waals surface area contributed by atoms with Crippen molar-refractivity contribution < 1.29 is 4.74 Å². The predicted octanol–water partition coefficient (Wildman–Crippen LogP) is 3.78. The highest BCUT2D eigenvalue weighted by Crippen LogP contribution is 2.32. The van der Waals surface area contributed by atoms with E-state index in [0.29, 0.717) is 12.6 Å². The largest absolute Gasteiger partial charge is 0.378 e. The van der Waals surface area contributed by atoms with E-state index < -0.39 is 0 Å². The number of imidazole rings is 1. The number of hydrogen-bond donors (Lipinski definition) is 1. The highest BCUT2D eigenvalue weighted by Gasteiger charge is 2.23. The van der Waals surface area contributed by atoms with Crippen LogP contribution in [0.4, 0.5) is 11.8 Å². The molecule has 7 nitrogen and oxygen atoms in total. The van der Waals surface area contributed by atoms with E-state index in [4.69, 9.17) is 19.7 Å². The number of fused-ring (bicyclic) bond motifs is 1. The van der Waals surface area contributed by atoms with Crippen LogP contribution in [0.2, 0.25) is 0 Å². The van der Waals surface area contributed by atoms with Crippen LogP contribution in [0, 0.1) is 0 Å². The van der Waals surface area contributed by atoms with E-state index in [1.54, 1.807) is 0 Å². The molecule has 2 fully saturated rings. The fraction of sp³-hybridized carbons (Fsp3) is 0.500. The van der Waals surface area contributed by atoms with Crippen LogP contribution in [0.1, 0.15) is 43.7 Å². The lowest BCUT2D eigenvalue weighted by molar-refractivity contribution is 0.122. The third-order valence-corrected chi connectivity index (χ3v) is 5.97. The van der Waals surface area contributed by atoms with Crippen LogP contribution in [-0.2, 0) is 11.3 Å². The molecule has 152 valence electrons. The highest BCUT2D eigenvalue weighted by atomic mass is 16.5. The maximum Gasteiger partial charge on any atom is 0.229 e. The average molecular weight is 393 g/mol. The molecule has 1 N–H and O–H groups in total. The van der Waals surface area contributed by atoms with Crippen molar-refractivity contribution in [3.05, 3.63) is 42.2 Å². The average Bonchev–Trinajstić information content (AvgIpc) is 3.23. The van der Waals surface area contributed by atoms with Crippen molar-refractivity contribution in [2.75, 3.05) is 36.5 Å². The number of benzene rings is 1. The van der Waals surface area contributed by atoms with Crippen LogP contribution < -0.4 is 10.2 Å². The van der Waals surface area contributed by atoms with Gasteiger partial charge in [-0.25, -0.2) is 4.98 Å². The first-order valence-corrected chi connectivity index (χ1v) is 10.7. The monoisotopic (exact) mass is 392 g/mol. The normalized spacial score (nSPS) is 18.3. The maximum atomic E-state index is 5.52. The molecule has 29 heavy (non-hydrogen) atoms. The smallest absolute Gasteiger partial charge is 0.229 e. The van der Waals surface area contributed by atoms with Gasteiger partial charge < -0.3 is 19.5 Å². The zero-order valence-corrected chi connectivity index (χ0v) is 16.8. The molecule has 5 rings (SSSR count). The molecule has 3 heterocycles.